The van der Waals surface area contributed by atoms with Crippen molar-refractivity contribution in [1.82, 2.24) is 0 Å². The molecule has 2 aromatic rings. The van der Waals surface area contributed by atoms with Gasteiger partial charge < -0.3 is 10.6 Å². The number of rotatable bonds is 8. The summed E-state index contributed by atoms with van der Waals surface area (Å²) in [6, 6.07) is 13.5. The van der Waals surface area contributed by atoms with Gasteiger partial charge in [-0.25, -0.2) is 0 Å². The molecule has 0 aromatic heterocycles. The number of anilines is 2. The highest BCUT2D eigenvalue weighted by Crippen LogP contribution is 2.21. The van der Waals surface area contributed by atoms with E-state index in [4.69, 9.17) is 0 Å². The SMILES string of the molecule is CCCCC(=O)Nc1ccc(SCC(=O)Nc2ccc(C)c(C)c2)cc1. The first-order valence-electron chi connectivity index (χ1n) is 8.87. The third kappa shape index (κ3) is 6.56. The fourth-order valence-corrected chi connectivity index (χ4v) is 3.06. The van der Waals surface area contributed by atoms with Gasteiger partial charge >= 0.3 is 0 Å². The lowest BCUT2D eigenvalue weighted by molar-refractivity contribution is -0.116. The summed E-state index contributed by atoms with van der Waals surface area (Å²) in [5.41, 5.74) is 3.98. The summed E-state index contributed by atoms with van der Waals surface area (Å²) in [7, 11) is 0. The zero-order valence-electron chi connectivity index (χ0n) is 15.6. The maximum absolute atomic E-state index is 12.1. The summed E-state index contributed by atoms with van der Waals surface area (Å²) in [6.45, 7) is 6.14. The maximum atomic E-state index is 12.1. The second-order valence-corrected chi connectivity index (χ2v) is 7.36. The van der Waals surface area contributed by atoms with Gasteiger partial charge in [-0.15, -0.1) is 11.8 Å². The van der Waals surface area contributed by atoms with Gasteiger partial charge in [-0.3, -0.25) is 9.59 Å². The Morgan fingerprint density at radius 3 is 2.19 bits per heavy atom. The minimum Gasteiger partial charge on any atom is -0.326 e. The summed E-state index contributed by atoms with van der Waals surface area (Å²) in [6.07, 6.45) is 2.45. The molecule has 0 bridgehead atoms. The molecule has 2 amide bonds. The number of hydrogen-bond acceptors (Lipinski definition) is 3. The van der Waals surface area contributed by atoms with Crippen LogP contribution in [0.2, 0.25) is 0 Å². The first-order chi connectivity index (χ1) is 12.5. The lowest BCUT2D eigenvalue weighted by atomic mass is 10.1. The van der Waals surface area contributed by atoms with Crippen molar-refractivity contribution >= 4 is 35.0 Å². The molecule has 0 unspecified atom stereocenters. The molecule has 0 atom stereocenters. The maximum Gasteiger partial charge on any atom is 0.234 e. The van der Waals surface area contributed by atoms with Crippen molar-refractivity contribution in [2.75, 3.05) is 16.4 Å². The highest BCUT2D eigenvalue weighted by molar-refractivity contribution is 8.00. The molecule has 2 N–H and O–H groups in total. The first-order valence-corrected chi connectivity index (χ1v) is 9.86. The van der Waals surface area contributed by atoms with Crippen LogP contribution >= 0.6 is 11.8 Å². The molecule has 5 heteroatoms. The highest BCUT2D eigenvalue weighted by atomic mass is 32.2. The van der Waals surface area contributed by atoms with Crippen LogP contribution in [0.3, 0.4) is 0 Å². The number of nitrogens with one attached hydrogen (secondary N) is 2. The number of benzene rings is 2. The van der Waals surface area contributed by atoms with Gasteiger partial charge in [0, 0.05) is 22.7 Å². The third-order valence-electron chi connectivity index (χ3n) is 4.06. The Labute approximate surface area is 159 Å². The first kappa shape index (κ1) is 20.0. The summed E-state index contributed by atoms with van der Waals surface area (Å²) < 4.78 is 0. The Hall–Kier alpha value is -2.27. The zero-order valence-corrected chi connectivity index (χ0v) is 16.4. The molecular formula is C21H26N2O2S. The topological polar surface area (TPSA) is 58.2 Å². The smallest absolute Gasteiger partial charge is 0.234 e. The number of thioether (sulfide) groups is 1. The minimum atomic E-state index is -0.0322. The summed E-state index contributed by atoms with van der Waals surface area (Å²) >= 11 is 1.47. The van der Waals surface area contributed by atoms with Crippen LogP contribution in [0.4, 0.5) is 11.4 Å². The van der Waals surface area contributed by atoms with Crippen molar-refractivity contribution in [2.45, 2.75) is 44.9 Å². The van der Waals surface area contributed by atoms with E-state index in [-0.39, 0.29) is 11.8 Å². The van der Waals surface area contributed by atoms with E-state index in [1.807, 2.05) is 56.3 Å². The van der Waals surface area contributed by atoms with Crippen molar-refractivity contribution in [3.8, 4) is 0 Å². The second-order valence-electron chi connectivity index (χ2n) is 6.31. The fourth-order valence-electron chi connectivity index (χ4n) is 2.36. The van der Waals surface area contributed by atoms with Crippen LogP contribution in [0.15, 0.2) is 47.4 Å². The van der Waals surface area contributed by atoms with Crippen LogP contribution in [0.25, 0.3) is 0 Å². The average Bonchev–Trinajstić information content (AvgIpc) is 2.62. The van der Waals surface area contributed by atoms with E-state index in [0.717, 1.165) is 34.7 Å². The van der Waals surface area contributed by atoms with E-state index in [2.05, 4.69) is 17.6 Å². The third-order valence-corrected chi connectivity index (χ3v) is 5.07. The number of aryl methyl sites for hydroxylation is 2. The molecule has 2 aromatic carbocycles. The predicted octanol–water partition coefficient (Wildman–Crippen LogP) is 5.16. The van der Waals surface area contributed by atoms with Crippen LogP contribution in [0, 0.1) is 13.8 Å². The minimum absolute atomic E-state index is 0.0322. The lowest BCUT2D eigenvalue weighted by Crippen LogP contribution is -2.14. The Balaban J connectivity index is 1.80. The molecule has 4 nitrogen and oxygen atoms in total. The van der Waals surface area contributed by atoms with Gasteiger partial charge in [0.25, 0.3) is 0 Å². The van der Waals surface area contributed by atoms with E-state index in [0.29, 0.717) is 12.2 Å². The normalized spacial score (nSPS) is 10.4. The Bertz CT molecular complexity index is 757. The van der Waals surface area contributed by atoms with Gasteiger partial charge in [0.2, 0.25) is 11.8 Å². The highest BCUT2D eigenvalue weighted by Gasteiger charge is 2.06. The standard InChI is InChI=1S/C21H26N2O2S/c1-4-5-6-20(24)22-17-9-11-19(12-10-17)26-14-21(25)23-18-8-7-15(2)16(3)13-18/h7-13H,4-6,14H2,1-3H3,(H,22,24)(H,23,25). The van der Waals surface area contributed by atoms with Crippen molar-refractivity contribution < 1.29 is 9.59 Å². The van der Waals surface area contributed by atoms with Crippen LogP contribution in [0.5, 0.6) is 0 Å². The van der Waals surface area contributed by atoms with Crippen LogP contribution in [0.1, 0.15) is 37.3 Å². The molecule has 2 rings (SSSR count). The second kappa shape index (κ2) is 10.0. The molecule has 0 radical (unpaired) electrons. The van der Waals surface area contributed by atoms with E-state index in [1.165, 1.54) is 17.3 Å². The monoisotopic (exact) mass is 370 g/mol. The van der Waals surface area contributed by atoms with Crippen LogP contribution in [-0.2, 0) is 9.59 Å². The van der Waals surface area contributed by atoms with Crippen molar-refractivity contribution in [2.24, 2.45) is 0 Å². The van der Waals surface area contributed by atoms with Crippen molar-refractivity contribution in [3.63, 3.8) is 0 Å². The number of carbonyl (C=O) groups excluding carboxylic acids is 2. The van der Waals surface area contributed by atoms with Gasteiger partial charge in [0.15, 0.2) is 0 Å². The lowest BCUT2D eigenvalue weighted by Gasteiger charge is -2.08. The number of carbonyl (C=O) groups is 2. The predicted molar refractivity (Wildman–Crippen MR) is 110 cm³/mol. The molecular weight excluding hydrogens is 344 g/mol. The van der Waals surface area contributed by atoms with Gasteiger partial charge in [-0.2, -0.15) is 0 Å². The number of unbranched alkanes of at least 4 members (excludes halogenated alkanes) is 1. The molecule has 0 fully saturated rings. The Morgan fingerprint density at radius 2 is 1.54 bits per heavy atom. The van der Waals surface area contributed by atoms with E-state index >= 15 is 0 Å². The van der Waals surface area contributed by atoms with Gasteiger partial charge in [0.05, 0.1) is 5.75 Å². The average molecular weight is 371 g/mol. The van der Waals surface area contributed by atoms with Crippen molar-refractivity contribution in [1.29, 1.82) is 0 Å². The summed E-state index contributed by atoms with van der Waals surface area (Å²) in [4.78, 5) is 24.8. The van der Waals surface area contributed by atoms with Crippen LogP contribution in [-0.4, -0.2) is 17.6 Å². The summed E-state index contributed by atoms with van der Waals surface area (Å²) in [5, 5.41) is 5.80. The van der Waals surface area contributed by atoms with Gasteiger partial charge in [-0.1, -0.05) is 19.4 Å². The Morgan fingerprint density at radius 1 is 0.885 bits per heavy atom. The van der Waals surface area contributed by atoms with E-state index in [1.54, 1.807) is 0 Å². The fraction of sp³-hybridized carbons (Fsp3) is 0.333. The Kier molecular flexibility index (Phi) is 7.73. The largest absolute Gasteiger partial charge is 0.326 e. The molecule has 26 heavy (non-hydrogen) atoms. The number of amides is 2. The number of hydrogen-bond donors (Lipinski definition) is 2. The van der Waals surface area contributed by atoms with E-state index in [9.17, 15) is 9.59 Å². The molecule has 0 saturated heterocycles. The molecule has 0 aliphatic rings. The molecule has 138 valence electrons. The van der Waals surface area contributed by atoms with Crippen LogP contribution < -0.4 is 10.6 Å². The quantitative estimate of drug-likeness (QED) is 0.631. The van der Waals surface area contributed by atoms with Crippen molar-refractivity contribution in [3.05, 3.63) is 53.6 Å². The van der Waals surface area contributed by atoms with Gasteiger partial charge in [-0.05, 0) is 67.8 Å². The molecule has 0 heterocycles. The van der Waals surface area contributed by atoms with Gasteiger partial charge in [0.1, 0.15) is 0 Å². The molecule has 0 saturated carbocycles. The van der Waals surface area contributed by atoms with E-state index < -0.39 is 0 Å². The molecule has 0 aliphatic heterocycles. The molecule has 0 spiro atoms. The molecule has 0 aliphatic carbocycles. The zero-order chi connectivity index (χ0) is 18.9. The summed E-state index contributed by atoms with van der Waals surface area (Å²) in [5.74, 6) is 0.352.